The summed E-state index contributed by atoms with van der Waals surface area (Å²) in [4.78, 5) is 32.9. The van der Waals surface area contributed by atoms with E-state index < -0.39 is 5.97 Å². The molecule has 2 atom stereocenters. The molecule has 2 heterocycles. The van der Waals surface area contributed by atoms with Crippen LogP contribution in [0.25, 0.3) is 0 Å². The lowest BCUT2D eigenvalue weighted by atomic mass is 10.2. The van der Waals surface area contributed by atoms with Crippen LogP contribution in [0.2, 0.25) is 0 Å². The minimum absolute atomic E-state index is 0.0343. The molecule has 0 aromatic heterocycles. The molecule has 8 heteroatoms. The van der Waals surface area contributed by atoms with E-state index in [0.717, 1.165) is 84.0 Å². The van der Waals surface area contributed by atoms with Gasteiger partial charge in [-0.25, -0.2) is 0 Å². The van der Waals surface area contributed by atoms with Crippen molar-refractivity contribution in [2.75, 3.05) is 83.9 Å². The van der Waals surface area contributed by atoms with Crippen LogP contribution >= 0.6 is 0 Å². The fourth-order valence-corrected chi connectivity index (χ4v) is 4.21. The summed E-state index contributed by atoms with van der Waals surface area (Å²) in [5.41, 5.74) is 0.837. The lowest BCUT2D eigenvalue weighted by Crippen LogP contribution is -2.48. The molecule has 2 saturated heterocycles. The molecule has 0 radical (unpaired) electrons. The van der Waals surface area contributed by atoms with Gasteiger partial charge in [0.15, 0.2) is 0 Å². The van der Waals surface area contributed by atoms with Gasteiger partial charge in [0.1, 0.15) is 0 Å². The van der Waals surface area contributed by atoms with Crippen molar-refractivity contribution in [3.63, 3.8) is 0 Å². The second kappa shape index (κ2) is 12.0. The first kappa shape index (κ1) is 22.7. The van der Waals surface area contributed by atoms with Crippen LogP contribution in [0.3, 0.4) is 0 Å². The van der Waals surface area contributed by atoms with Crippen LogP contribution in [0.5, 0.6) is 0 Å². The van der Waals surface area contributed by atoms with E-state index in [1.54, 1.807) is 0 Å². The molecular formula is C22H35N5O3. The standard InChI is InChI=1S/C22H35N5O3/c28-21(23-20-6-2-1-3-7-20)18-26-10-4-8-25-13-12-24(14-16-26)9-5-11-27(17-15-25)19-22(29)30/h1-3,6-7H,4-5,8-19H2,(H,23,28)(H,29,30). The Balaban J connectivity index is 1.55. The van der Waals surface area contributed by atoms with E-state index in [1.165, 1.54) is 0 Å². The van der Waals surface area contributed by atoms with Gasteiger partial charge >= 0.3 is 5.97 Å². The second-order valence-corrected chi connectivity index (χ2v) is 8.25. The monoisotopic (exact) mass is 417 g/mol. The van der Waals surface area contributed by atoms with Crippen molar-refractivity contribution in [1.29, 1.82) is 0 Å². The average molecular weight is 418 g/mol. The Kier molecular flexibility index (Phi) is 9.07. The number of carboxylic acid groups (broad SMARTS) is 1. The summed E-state index contributed by atoms with van der Waals surface area (Å²) in [6, 6.07) is 9.61. The maximum Gasteiger partial charge on any atom is 0.317 e. The van der Waals surface area contributed by atoms with E-state index in [4.69, 9.17) is 5.11 Å². The van der Waals surface area contributed by atoms with Crippen LogP contribution in [0.4, 0.5) is 5.69 Å². The van der Waals surface area contributed by atoms with E-state index in [-0.39, 0.29) is 12.5 Å². The minimum atomic E-state index is -0.749. The lowest BCUT2D eigenvalue weighted by molar-refractivity contribution is -0.138. The first-order valence-electron chi connectivity index (χ1n) is 11.0. The number of hydrogen-bond donors (Lipinski definition) is 2. The summed E-state index contributed by atoms with van der Waals surface area (Å²) in [6.07, 6.45) is 1.99. The van der Waals surface area contributed by atoms with Crippen molar-refractivity contribution >= 4 is 17.6 Å². The molecule has 0 aliphatic carbocycles. The molecule has 8 nitrogen and oxygen atoms in total. The number of anilines is 1. The summed E-state index contributed by atoms with van der Waals surface area (Å²) in [7, 11) is 0. The van der Waals surface area contributed by atoms with Gasteiger partial charge in [-0.2, -0.15) is 0 Å². The molecular weight excluding hydrogens is 382 g/mol. The highest BCUT2D eigenvalue weighted by molar-refractivity contribution is 5.92. The zero-order valence-corrected chi connectivity index (χ0v) is 17.8. The normalized spacial score (nSPS) is 24.8. The molecule has 2 fully saturated rings. The molecule has 1 amide bonds. The van der Waals surface area contributed by atoms with Gasteiger partial charge < -0.3 is 20.2 Å². The second-order valence-electron chi connectivity index (χ2n) is 8.25. The molecule has 30 heavy (non-hydrogen) atoms. The third-order valence-electron chi connectivity index (χ3n) is 5.88. The van der Waals surface area contributed by atoms with Crippen molar-refractivity contribution < 1.29 is 14.7 Å². The molecule has 2 bridgehead atoms. The first-order chi connectivity index (χ1) is 14.6. The first-order valence-corrected chi connectivity index (χ1v) is 11.0. The predicted octanol–water partition coefficient (Wildman–Crippen LogP) is 0.725. The average Bonchev–Trinajstić information content (AvgIpc) is 2.72. The van der Waals surface area contributed by atoms with E-state index in [2.05, 4.69) is 24.9 Å². The molecule has 1 aromatic rings. The predicted molar refractivity (Wildman–Crippen MR) is 118 cm³/mol. The Labute approximate surface area is 179 Å². The maximum absolute atomic E-state index is 12.5. The van der Waals surface area contributed by atoms with Gasteiger partial charge in [0.05, 0.1) is 13.1 Å². The zero-order valence-electron chi connectivity index (χ0n) is 17.8. The SMILES string of the molecule is O=C(O)CN1CCCN2CCN(CCCN(CC(=O)Nc3ccccc3)CC2)CC1. The van der Waals surface area contributed by atoms with Crippen LogP contribution < -0.4 is 5.32 Å². The highest BCUT2D eigenvalue weighted by Gasteiger charge is 2.20. The Hall–Kier alpha value is -2.00. The van der Waals surface area contributed by atoms with Crippen LogP contribution in [-0.2, 0) is 9.59 Å². The van der Waals surface area contributed by atoms with E-state index in [1.807, 2.05) is 30.3 Å². The topological polar surface area (TPSA) is 79.4 Å². The van der Waals surface area contributed by atoms with Gasteiger partial charge in [0, 0.05) is 51.5 Å². The van der Waals surface area contributed by atoms with Crippen molar-refractivity contribution in [3.05, 3.63) is 30.3 Å². The third kappa shape index (κ3) is 8.02. The van der Waals surface area contributed by atoms with E-state index in [9.17, 15) is 9.59 Å². The lowest BCUT2D eigenvalue weighted by Gasteiger charge is -2.35. The van der Waals surface area contributed by atoms with Gasteiger partial charge in [0.25, 0.3) is 0 Å². The number of benzene rings is 1. The fourth-order valence-electron chi connectivity index (χ4n) is 4.21. The summed E-state index contributed by atoms with van der Waals surface area (Å²) < 4.78 is 0. The van der Waals surface area contributed by atoms with Crippen molar-refractivity contribution in [2.24, 2.45) is 0 Å². The van der Waals surface area contributed by atoms with Gasteiger partial charge in [-0.3, -0.25) is 19.4 Å². The van der Waals surface area contributed by atoms with Crippen LogP contribution in [-0.4, -0.2) is 115 Å². The number of carbonyl (C=O) groups excluding carboxylic acids is 1. The number of hydrogen-bond acceptors (Lipinski definition) is 6. The third-order valence-corrected chi connectivity index (χ3v) is 5.88. The van der Waals surface area contributed by atoms with Crippen LogP contribution in [0.15, 0.2) is 30.3 Å². The Morgan fingerprint density at radius 2 is 1.27 bits per heavy atom. The minimum Gasteiger partial charge on any atom is -0.480 e. The highest BCUT2D eigenvalue weighted by Crippen LogP contribution is 2.08. The number of carbonyl (C=O) groups is 2. The summed E-state index contributed by atoms with van der Waals surface area (Å²) in [5, 5.41) is 12.1. The van der Waals surface area contributed by atoms with E-state index in [0.29, 0.717) is 6.54 Å². The molecule has 166 valence electrons. The number of aliphatic carboxylic acids is 1. The number of amides is 1. The molecule has 1 aromatic carbocycles. The number of nitrogens with one attached hydrogen (secondary N) is 1. The quantitative estimate of drug-likeness (QED) is 0.731. The molecule has 3 rings (SSSR count). The number of carboxylic acids is 1. The van der Waals surface area contributed by atoms with Crippen molar-refractivity contribution in [3.8, 4) is 0 Å². The number of rotatable bonds is 5. The molecule has 0 saturated carbocycles. The Bertz CT molecular complexity index is 672. The van der Waals surface area contributed by atoms with Crippen molar-refractivity contribution in [1.82, 2.24) is 19.6 Å². The molecule has 0 spiro atoms. The Morgan fingerprint density at radius 3 is 1.83 bits per heavy atom. The summed E-state index contributed by atoms with van der Waals surface area (Å²) in [6.45, 7) is 9.76. The largest absolute Gasteiger partial charge is 0.480 e. The highest BCUT2D eigenvalue weighted by atomic mass is 16.4. The van der Waals surface area contributed by atoms with Gasteiger partial charge in [0.2, 0.25) is 5.91 Å². The maximum atomic E-state index is 12.5. The molecule has 2 unspecified atom stereocenters. The van der Waals surface area contributed by atoms with Gasteiger partial charge in [-0.05, 0) is 44.6 Å². The Morgan fingerprint density at radius 1 is 0.733 bits per heavy atom. The van der Waals surface area contributed by atoms with E-state index >= 15 is 0 Å². The fraction of sp³-hybridized carbons (Fsp3) is 0.636. The van der Waals surface area contributed by atoms with Crippen molar-refractivity contribution in [2.45, 2.75) is 12.8 Å². The van der Waals surface area contributed by atoms with Gasteiger partial charge in [-0.1, -0.05) is 18.2 Å². The van der Waals surface area contributed by atoms with Crippen LogP contribution in [0.1, 0.15) is 12.8 Å². The number of para-hydroxylation sites is 1. The zero-order chi connectivity index (χ0) is 21.2. The molecule has 2 aliphatic heterocycles. The molecule has 2 N–H and O–H groups in total. The number of nitrogens with zero attached hydrogens (tertiary/aromatic N) is 4. The molecule has 2 aliphatic rings. The smallest absolute Gasteiger partial charge is 0.317 e. The summed E-state index contributed by atoms with van der Waals surface area (Å²) >= 11 is 0. The number of fused-ring (bicyclic) bond motifs is 3. The summed E-state index contributed by atoms with van der Waals surface area (Å²) in [5.74, 6) is -0.715. The van der Waals surface area contributed by atoms with Crippen LogP contribution in [0, 0.1) is 0 Å². The van der Waals surface area contributed by atoms with Gasteiger partial charge in [-0.15, -0.1) is 0 Å².